The average Bonchev–Trinajstić information content (AvgIpc) is 2.81. The van der Waals surface area contributed by atoms with E-state index < -0.39 is 5.97 Å². The summed E-state index contributed by atoms with van der Waals surface area (Å²) in [6.07, 6.45) is 0. The highest BCUT2D eigenvalue weighted by Crippen LogP contribution is 2.39. The maximum atomic E-state index is 12.9. The summed E-state index contributed by atoms with van der Waals surface area (Å²) in [5.74, 6) is -0.0531. The predicted octanol–water partition coefficient (Wildman–Crippen LogP) is 6.28. The van der Waals surface area contributed by atoms with Crippen LogP contribution in [0.5, 0.6) is 0 Å². The zero-order valence-electron chi connectivity index (χ0n) is 18.8. The minimum Gasteiger partial charge on any atom is -0.486 e. The molecule has 0 radical (unpaired) electrons. The Hall–Kier alpha value is -3.57. The van der Waals surface area contributed by atoms with Gasteiger partial charge in [-0.25, -0.2) is 4.79 Å². The van der Waals surface area contributed by atoms with Gasteiger partial charge in [0.1, 0.15) is 6.61 Å². The third-order valence-electron chi connectivity index (χ3n) is 5.26. The molecule has 0 amide bonds. The summed E-state index contributed by atoms with van der Waals surface area (Å²) in [4.78, 5) is 12.9. The van der Waals surface area contributed by atoms with Gasteiger partial charge in [0.25, 0.3) is 0 Å². The van der Waals surface area contributed by atoms with Crippen LogP contribution in [0.1, 0.15) is 30.5 Å². The molecule has 0 fully saturated rings. The molecule has 0 bridgehead atoms. The number of rotatable bonds is 6. The quantitative estimate of drug-likeness (QED) is 0.321. The second kappa shape index (κ2) is 9.92. The van der Waals surface area contributed by atoms with Crippen molar-refractivity contribution < 1.29 is 14.3 Å². The molecular formula is C27H25ClN2O3. The number of ether oxygens (including phenoxy) is 2. The molecular weight excluding hydrogens is 436 g/mol. The van der Waals surface area contributed by atoms with Gasteiger partial charge >= 0.3 is 5.97 Å². The number of halogens is 1. The summed E-state index contributed by atoms with van der Waals surface area (Å²) in [5.41, 5.74) is 5.92. The Balaban J connectivity index is 1.90. The number of carbonyl (C=O) groups is 1. The Morgan fingerprint density at radius 1 is 1.00 bits per heavy atom. The van der Waals surface area contributed by atoms with Crippen LogP contribution in [0.3, 0.4) is 0 Å². The van der Waals surface area contributed by atoms with Gasteiger partial charge in [0, 0.05) is 16.3 Å². The first-order chi connectivity index (χ1) is 16.0. The molecule has 0 aliphatic carbocycles. The van der Waals surface area contributed by atoms with E-state index in [1.54, 1.807) is 5.01 Å². The number of esters is 1. The highest BCUT2D eigenvalue weighted by atomic mass is 35.5. The standard InChI is InChI=1S/C27H25ClN2O3/c1-18(2)29-30-16-24-22(20-11-7-12-21(28)15-20)13-8-14-23(24)26(25(30)27(31)32-3)33-17-19-9-5-4-6-10-19/h4-15H,16-17H2,1-3H3. The van der Waals surface area contributed by atoms with Crippen molar-refractivity contribution in [3.05, 3.63) is 100 Å². The minimum absolute atomic E-state index is 0.283. The third-order valence-corrected chi connectivity index (χ3v) is 5.50. The van der Waals surface area contributed by atoms with Crippen LogP contribution in [0.2, 0.25) is 5.02 Å². The largest absolute Gasteiger partial charge is 0.486 e. The van der Waals surface area contributed by atoms with Crippen LogP contribution >= 0.6 is 11.6 Å². The summed E-state index contributed by atoms with van der Waals surface area (Å²) in [6, 6.07) is 23.5. The summed E-state index contributed by atoms with van der Waals surface area (Å²) < 4.78 is 11.4. The fourth-order valence-corrected chi connectivity index (χ4v) is 4.06. The molecule has 0 atom stereocenters. The van der Waals surface area contributed by atoms with E-state index in [4.69, 9.17) is 21.1 Å². The van der Waals surface area contributed by atoms with Crippen LogP contribution in [0, 0.1) is 0 Å². The molecule has 0 saturated carbocycles. The van der Waals surface area contributed by atoms with Gasteiger partial charge in [-0.05, 0) is 48.2 Å². The van der Waals surface area contributed by atoms with Crippen molar-refractivity contribution in [3.8, 4) is 11.1 Å². The lowest BCUT2D eigenvalue weighted by Gasteiger charge is -2.31. The maximum Gasteiger partial charge on any atom is 0.360 e. The molecule has 1 aliphatic rings. The fraction of sp³-hybridized carbons (Fsp3) is 0.185. The van der Waals surface area contributed by atoms with E-state index in [1.807, 2.05) is 86.6 Å². The molecule has 33 heavy (non-hydrogen) atoms. The van der Waals surface area contributed by atoms with E-state index >= 15 is 0 Å². The number of carbonyl (C=O) groups excluding carboxylic acids is 1. The molecule has 4 rings (SSSR count). The molecule has 3 aromatic rings. The Labute approximate surface area is 198 Å². The number of hydrazone groups is 1. The predicted molar refractivity (Wildman–Crippen MR) is 131 cm³/mol. The maximum absolute atomic E-state index is 12.9. The van der Waals surface area contributed by atoms with Gasteiger partial charge in [0.05, 0.1) is 13.7 Å². The number of hydrogen-bond acceptors (Lipinski definition) is 5. The molecule has 0 saturated heterocycles. The monoisotopic (exact) mass is 460 g/mol. The smallest absolute Gasteiger partial charge is 0.360 e. The summed E-state index contributed by atoms with van der Waals surface area (Å²) in [6.45, 7) is 4.47. The van der Waals surface area contributed by atoms with Crippen molar-refractivity contribution in [2.45, 2.75) is 27.0 Å². The number of benzene rings is 3. The van der Waals surface area contributed by atoms with Crippen molar-refractivity contribution >= 4 is 29.0 Å². The van der Waals surface area contributed by atoms with E-state index in [9.17, 15) is 4.79 Å². The van der Waals surface area contributed by atoms with Crippen molar-refractivity contribution in [1.82, 2.24) is 5.01 Å². The van der Waals surface area contributed by atoms with Gasteiger partial charge in [-0.3, -0.25) is 5.01 Å². The molecule has 5 nitrogen and oxygen atoms in total. The first-order valence-electron chi connectivity index (χ1n) is 10.6. The van der Waals surface area contributed by atoms with Crippen LogP contribution < -0.4 is 0 Å². The Morgan fingerprint density at radius 2 is 1.73 bits per heavy atom. The molecule has 6 heteroatoms. The SMILES string of the molecule is COC(=O)C1=C(OCc2ccccc2)c2cccc(-c3cccc(Cl)c3)c2CN1N=C(C)C. The van der Waals surface area contributed by atoms with Crippen molar-refractivity contribution in [2.24, 2.45) is 5.10 Å². The van der Waals surface area contributed by atoms with E-state index in [0.717, 1.165) is 33.5 Å². The van der Waals surface area contributed by atoms with E-state index in [2.05, 4.69) is 5.10 Å². The Bertz CT molecular complexity index is 1230. The Kier molecular flexibility index (Phi) is 6.80. The van der Waals surface area contributed by atoms with Gasteiger partial charge in [0.2, 0.25) is 0 Å². The van der Waals surface area contributed by atoms with Crippen LogP contribution in [0.4, 0.5) is 0 Å². The average molecular weight is 461 g/mol. The van der Waals surface area contributed by atoms with Crippen LogP contribution in [0.15, 0.2) is 83.6 Å². The van der Waals surface area contributed by atoms with Crippen molar-refractivity contribution in [1.29, 1.82) is 0 Å². The topological polar surface area (TPSA) is 51.1 Å². The Morgan fingerprint density at radius 3 is 2.42 bits per heavy atom. The van der Waals surface area contributed by atoms with Gasteiger partial charge < -0.3 is 9.47 Å². The van der Waals surface area contributed by atoms with Gasteiger partial charge in [0.15, 0.2) is 11.5 Å². The first-order valence-corrected chi connectivity index (χ1v) is 11.0. The molecule has 0 aromatic heterocycles. The lowest BCUT2D eigenvalue weighted by Crippen LogP contribution is -2.30. The second-order valence-electron chi connectivity index (χ2n) is 7.89. The summed E-state index contributed by atoms with van der Waals surface area (Å²) in [7, 11) is 1.36. The van der Waals surface area contributed by atoms with E-state index in [1.165, 1.54) is 7.11 Å². The van der Waals surface area contributed by atoms with Crippen molar-refractivity contribution in [3.63, 3.8) is 0 Å². The zero-order chi connectivity index (χ0) is 23.4. The first kappa shape index (κ1) is 22.6. The van der Waals surface area contributed by atoms with Crippen LogP contribution in [0.25, 0.3) is 16.9 Å². The minimum atomic E-state index is -0.498. The van der Waals surface area contributed by atoms with Crippen LogP contribution in [-0.4, -0.2) is 23.8 Å². The highest BCUT2D eigenvalue weighted by Gasteiger charge is 2.33. The molecule has 1 heterocycles. The summed E-state index contributed by atoms with van der Waals surface area (Å²) >= 11 is 6.28. The molecule has 168 valence electrons. The second-order valence-corrected chi connectivity index (χ2v) is 8.33. The van der Waals surface area contributed by atoms with Gasteiger partial charge in [-0.15, -0.1) is 0 Å². The number of nitrogens with zero attached hydrogens (tertiary/aromatic N) is 2. The number of hydrogen-bond donors (Lipinski definition) is 0. The normalized spacial score (nSPS) is 12.8. The molecule has 0 N–H and O–H groups in total. The molecule has 0 unspecified atom stereocenters. The molecule has 3 aromatic carbocycles. The summed E-state index contributed by atoms with van der Waals surface area (Å²) in [5, 5.41) is 6.95. The number of methoxy groups -OCH3 is 1. The highest BCUT2D eigenvalue weighted by molar-refractivity contribution is 6.30. The fourth-order valence-electron chi connectivity index (χ4n) is 3.87. The lowest BCUT2D eigenvalue weighted by atomic mass is 9.91. The van der Waals surface area contributed by atoms with Gasteiger partial charge in [-0.1, -0.05) is 72.3 Å². The van der Waals surface area contributed by atoms with E-state index in [-0.39, 0.29) is 5.70 Å². The molecule has 1 aliphatic heterocycles. The van der Waals surface area contributed by atoms with Gasteiger partial charge in [-0.2, -0.15) is 5.10 Å². The lowest BCUT2D eigenvalue weighted by molar-refractivity contribution is -0.138. The van der Waals surface area contributed by atoms with E-state index in [0.29, 0.717) is 23.9 Å². The number of fused-ring (bicyclic) bond motifs is 1. The zero-order valence-corrected chi connectivity index (χ0v) is 19.6. The van der Waals surface area contributed by atoms with Crippen LogP contribution in [-0.2, 0) is 27.4 Å². The third kappa shape index (κ3) is 4.94. The molecule has 0 spiro atoms. The van der Waals surface area contributed by atoms with Crippen molar-refractivity contribution in [2.75, 3.05) is 7.11 Å².